The van der Waals surface area contributed by atoms with Crippen LogP contribution in [0.15, 0.2) is 0 Å². The summed E-state index contributed by atoms with van der Waals surface area (Å²) < 4.78 is 22.2. The molecule has 0 aromatic rings. The largest absolute Gasteiger partial charge is 0.463 e. The van der Waals surface area contributed by atoms with Gasteiger partial charge in [-0.3, -0.25) is 33.7 Å². The molecule has 202 valence electrons. The highest BCUT2D eigenvalue weighted by Crippen LogP contribution is 2.33. The van der Waals surface area contributed by atoms with Gasteiger partial charge in [0, 0.05) is 25.7 Å². The van der Waals surface area contributed by atoms with Crippen LogP contribution in [0.25, 0.3) is 0 Å². The van der Waals surface area contributed by atoms with Crippen LogP contribution in [0.1, 0.15) is 79.1 Å². The van der Waals surface area contributed by atoms with Crippen molar-refractivity contribution in [3.8, 4) is 0 Å². The molecule has 0 aliphatic carbocycles. The molecular weight excluding hydrogens is 476 g/mol. The smallest absolute Gasteiger partial charge is 0.314 e. The predicted octanol–water partition coefficient (Wildman–Crippen LogP) is 1.13. The highest BCUT2D eigenvalue weighted by atomic mass is 16.6. The van der Waals surface area contributed by atoms with Crippen molar-refractivity contribution in [2.24, 2.45) is 0 Å². The lowest BCUT2D eigenvalue weighted by molar-refractivity contribution is -0.219. The van der Waals surface area contributed by atoms with Gasteiger partial charge in [-0.25, -0.2) is 0 Å². The topological polar surface area (TPSA) is 155 Å². The zero-order chi connectivity index (χ0) is 26.8. The number of carbonyl (C=O) groups is 6. The van der Waals surface area contributed by atoms with Crippen LogP contribution in [0, 0.1) is 0 Å². The first-order chi connectivity index (χ1) is 17.2. The minimum atomic E-state index is -1.35. The average Bonchev–Trinajstić information content (AvgIpc) is 3.10. The first-order valence-corrected chi connectivity index (χ1v) is 12.5. The molecule has 1 unspecified atom stereocenters. The maximum atomic E-state index is 12.9. The van der Waals surface area contributed by atoms with Crippen molar-refractivity contribution in [1.29, 1.82) is 0 Å². The number of piperidine rings is 1. The number of hydrogen-bond donors (Lipinski definition) is 1. The number of hydrogen-bond acceptors (Lipinski definition) is 10. The minimum Gasteiger partial charge on any atom is -0.463 e. The Morgan fingerprint density at radius 1 is 0.694 bits per heavy atom. The Bertz CT molecular complexity index is 845. The minimum absolute atomic E-state index is 0.0311. The summed E-state index contributed by atoms with van der Waals surface area (Å²) in [6.45, 7) is 6.68. The molecule has 2 aliphatic rings. The Morgan fingerprint density at radius 2 is 1.14 bits per heavy atom. The molecule has 0 aromatic heterocycles. The zero-order valence-corrected chi connectivity index (χ0v) is 21.3. The van der Waals surface area contributed by atoms with Crippen molar-refractivity contribution in [1.82, 2.24) is 10.2 Å². The molecule has 5 atom stereocenters. The lowest BCUT2D eigenvalue weighted by Crippen LogP contribution is -2.70. The molecule has 2 rings (SSSR count). The van der Waals surface area contributed by atoms with Gasteiger partial charge in [-0.1, -0.05) is 27.7 Å². The molecule has 12 heteroatoms. The Hall–Kier alpha value is -3.18. The van der Waals surface area contributed by atoms with Gasteiger partial charge in [0.25, 0.3) is 0 Å². The monoisotopic (exact) mass is 512 g/mol. The maximum absolute atomic E-state index is 12.9. The molecule has 36 heavy (non-hydrogen) atoms. The number of carbonyl (C=O) groups excluding carboxylic acids is 6. The second-order valence-corrected chi connectivity index (χ2v) is 8.74. The van der Waals surface area contributed by atoms with E-state index in [2.05, 4.69) is 5.32 Å². The van der Waals surface area contributed by atoms with Gasteiger partial charge in [0.2, 0.25) is 0 Å². The van der Waals surface area contributed by atoms with E-state index in [4.69, 9.17) is 18.9 Å². The van der Waals surface area contributed by atoms with Crippen LogP contribution in [0.2, 0.25) is 0 Å². The van der Waals surface area contributed by atoms with Gasteiger partial charge in [0.05, 0.1) is 0 Å². The Labute approximate surface area is 210 Å². The van der Waals surface area contributed by atoms with E-state index in [1.165, 1.54) is 0 Å². The first-order valence-electron chi connectivity index (χ1n) is 12.5. The van der Waals surface area contributed by atoms with Crippen LogP contribution in [0.5, 0.6) is 0 Å². The fourth-order valence-corrected chi connectivity index (χ4v) is 4.14. The van der Waals surface area contributed by atoms with Crippen LogP contribution in [0.3, 0.4) is 0 Å². The van der Waals surface area contributed by atoms with Crippen molar-refractivity contribution in [3.05, 3.63) is 0 Å². The van der Waals surface area contributed by atoms with Crippen LogP contribution >= 0.6 is 0 Å². The van der Waals surface area contributed by atoms with Crippen LogP contribution in [-0.2, 0) is 47.7 Å². The van der Waals surface area contributed by atoms with Gasteiger partial charge in [-0.05, 0) is 25.7 Å². The van der Waals surface area contributed by atoms with E-state index in [-0.39, 0.29) is 25.7 Å². The fraction of sp³-hybridized carbons (Fsp3) is 0.750. The molecule has 0 bridgehead atoms. The highest BCUT2D eigenvalue weighted by molar-refractivity contribution is 6.37. The summed E-state index contributed by atoms with van der Waals surface area (Å²) in [5.41, 5.74) is 0. The summed E-state index contributed by atoms with van der Waals surface area (Å²) in [6.07, 6.45) is -3.11. The summed E-state index contributed by atoms with van der Waals surface area (Å²) in [5.74, 6) is -4.41. The molecule has 0 spiro atoms. The summed E-state index contributed by atoms with van der Waals surface area (Å²) >= 11 is 0. The molecule has 2 heterocycles. The maximum Gasteiger partial charge on any atom is 0.314 e. The number of rotatable bonds is 13. The van der Waals surface area contributed by atoms with E-state index in [0.29, 0.717) is 25.7 Å². The fourth-order valence-electron chi connectivity index (χ4n) is 4.14. The van der Waals surface area contributed by atoms with Crippen molar-refractivity contribution in [2.45, 2.75) is 110 Å². The van der Waals surface area contributed by atoms with E-state index >= 15 is 0 Å². The first kappa shape index (κ1) is 29.1. The van der Waals surface area contributed by atoms with Gasteiger partial charge in [0.15, 0.2) is 18.3 Å². The van der Waals surface area contributed by atoms with Gasteiger partial charge >= 0.3 is 35.7 Å². The van der Waals surface area contributed by atoms with Crippen molar-refractivity contribution < 1.29 is 47.7 Å². The predicted molar refractivity (Wildman–Crippen MR) is 123 cm³/mol. The number of nitrogens with zero attached hydrogens (tertiary/aromatic N) is 1. The Kier molecular flexibility index (Phi) is 11.1. The number of fused-ring (bicyclic) bond motifs is 1. The molecule has 1 N–H and O–H groups in total. The molecular formula is C24H36N2O10. The van der Waals surface area contributed by atoms with E-state index in [9.17, 15) is 28.8 Å². The number of ether oxygens (including phenoxy) is 4. The van der Waals surface area contributed by atoms with Gasteiger partial charge in [-0.2, -0.15) is 0 Å². The summed E-state index contributed by atoms with van der Waals surface area (Å²) in [4.78, 5) is 76.0. The third-order valence-electron chi connectivity index (χ3n) is 5.74. The van der Waals surface area contributed by atoms with Crippen LogP contribution in [0.4, 0.5) is 0 Å². The highest BCUT2D eigenvalue weighted by Gasteiger charge is 2.61. The Morgan fingerprint density at radius 3 is 1.64 bits per heavy atom. The van der Waals surface area contributed by atoms with Crippen molar-refractivity contribution in [2.75, 3.05) is 6.61 Å². The van der Waals surface area contributed by atoms with E-state index in [1.807, 2.05) is 0 Å². The molecule has 0 radical (unpaired) electrons. The SMILES string of the molecule is CCCC(=O)OC[C@@H]1[C@@H](OC(=O)CCC)[C@H](OC(=O)CCC)[C@H](OC(=O)CCC)C2NC(=O)C(=O)N21. The number of esters is 4. The van der Waals surface area contributed by atoms with Crippen LogP contribution in [-0.4, -0.2) is 77.7 Å². The molecule has 12 nitrogen and oxygen atoms in total. The van der Waals surface area contributed by atoms with E-state index in [1.54, 1.807) is 27.7 Å². The summed E-state index contributed by atoms with van der Waals surface area (Å²) in [6, 6.07) is -1.16. The van der Waals surface area contributed by atoms with Crippen LogP contribution < -0.4 is 5.32 Å². The second-order valence-electron chi connectivity index (χ2n) is 8.74. The second kappa shape index (κ2) is 13.8. The average molecular weight is 513 g/mol. The molecule has 0 aromatic carbocycles. The molecule has 0 saturated carbocycles. The molecule has 2 aliphatic heterocycles. The number of nitrogens with one attached hydrogen (secondary N) is 1. The summed E-state index contributed by atoms with van der Waals surface area (Å²) in [5, 5.41) is 2.47. The van der Waals surface area contributed by atoms with E-state index < -0.39 is 72.8 Å². The van der Waals surface area contributed by atoms with Gasteiger partial charge < -0.3 is 24.3 Å². The molecule has 2 amide bonds. The Balaban J connectivity index is 2.54. The zero-order valence-electron chi connectivity index (χ0n) is 21.3. The third kappa shape index (κ3) is 7.17. The molecule has 2 fully saturated rings. The normalized spacial score (nSPS) is 25.0. The quantitative estimate of drug-likeness (QED) is 0.216. The van der Waals surface area contributed by atoms with Crippen molar-refractivity contribution >= 4 is 35.7 Å². The lowest BCUT2D eigenvalue weighted by Gasteiger charge is -2.48. The van der Waals surface area contributed by atoms with Crippen molar-refractivity contribution in [3.63, 3.8) is 0 Å². The van der Waals surface area contributed by atoms with Gasteiger partial charge in [0.1, 0.15) is 18.8 Å². The van der Waals surface area contributed by atoms with E-state index in [0.717, 1.165) is 4.90 Å². The molecule has 2 saturated heterocycles. The summed E-state index contributed by atoms with van der Waals surface area (Å²) in [7, 11) is 0. The standard InChI is InChI=1S/C24H36N2O10/c1-5-9-15(27)33-13-14-19(34-16(28)10-6-2)20(35-17(29)11-7-3)21(36-18(30)12-8-4)22-25-23(31)24(32)26(14)22/h14,19-22H,5-13H2,1-4H3,(H,25,31)/t14-,19-,20+,21+,22?/m1/s1. The lowest BCUT2D eigenvalue weighted by atomic mass is 9.91. The third-order valence-corrected chi connectivity index (χ3v) is 5.74. The van der Waals surface area contributed by atoms with Gasteiger partial charge in [-0.15, -0.1) is 0 Å². The number of amides is 2.